The summed E-state index contributed by atoms with van der Waals surface area (Å²) in [6.45, 7) is 6.99. The third kappa shape index (κ3) is 3.21. The van der Waals surface area contributed by atoms with Gasteiger partial charge in [0.25, 0.3) is 5.91 Å². The SMILES string of the molecule is Cc1cc(C(=O)N2CCN(C)C(C)C2)sc1C#CCN. The Morgan fingerprint density at radius 2 is 2.30 bits per heavy atom. The molecule has 5 heteroatoms. The first-order chi connectivity index (χ1) is 9.52. The first-order valence-corrected chi connectivity index (χ1v) is 7.63. The monoisotopic (exact) mass is 291 g/mol. The number of nitrogens with zero attached hydrogens (tertiary/aromatic N) is 2. The molecule has 0 spiro atoms. The normalized spacial score (nSPS) is 19.6. The number of hydrogen-bond acceptors (Lipinski definition) is 4. The predicted molar refractivity (Wildman–Crippen MR) is 83.0 cm³/mol. The number of nitrogens with two attached hydrogens (primary N) is 1. The third-order valence-electron chi connectivity index (χ3n) is 3.68. The third-order valence-corrected chi connectivity index (χ3v) is 4.82. The Morgan fingerprint density at radius 1 is 1.55 bits per heavy atom. The van der Waals surface area contributed by atoms with Gasteiger partial charge in [0.2, 0.25) is 0 Å². The first-order valence-electron chi connectivity index (χ1n) is 6.81. The molecular weight excluding hydrogens is 270 g/mol. The molecule has 20 heavy (non-hydrogen) atoms. The van der Waals surface area contributed by atoms with Crippen LogP contribution in [0.3, 0.4) is 0 Å². The standard InChI is InChI=1S/C15H21N3OS/c1-11-9-14(20-13(11)5-4-6-16)15(19)18-8-7-17(3)12(2)10-18/h9,12H,6-8,10,16H2,1-3H3. The molecule has 0 saturated carbocycles. The summed E-state index contributed by atoms with van der Waals surface area (Å²) in [5, 5.41) is 0. The predicted octanol–water partition coefficient (Wildman–Crippen LogP) is 1.14. The van der Waals surface area contributed by atoms with Gasteiger partial charge in [-0.1, -0.05) is 11.8 Å². The Morgan fingerprint density at radius 3 is 2.95 bits per heavy atom. The van der Waals surface area contributed by atoms with Crippen LogP contribution in [-0.4, -0.2) is 55.0 Å². The molecular formula is C15H21N3OS. The molecule has 1 aromatic rings. The van der Waals surface area contributed by atoms with E-state index >= 15 is 0 Å². The molecule has 2 N–H and O–H groups in total. The summed E-state index contributed by atoms with van der Waals surface area (Å²) in [6, 6.07) is 2.35. The number of hydrogen-bond donors (Lipinski definition) is 1. The second-order valence-corrected chi connectivity index (χ2v) is 6.26. The van der Waals surface area contributed by atoms with Gasteiger partial charge in [-0.05, 0) is 32.5 Å². The molecule has 2 rings (SSSR count). The van der Waals surface area contributed by atoms with Crippen molar-refractivity contribution < 1.29 is 4.79 Å². The van der Waals surface area contributed by atoms with E-state index in [1.165, 1.54) is 11.3 Å². The molecule has 0 aliphatic carbocycles. The zero-order valence-electron chi connectivity index (χ0n) is 12.3. The van der Waals surface area contributed by atoms with Crippen molar-refractivity contribution in [3.05, 3.63) is 21.4 Å². The van der Waals surface area contributed by atoms with Crippen LogP contribution < -0.4 is 5.73 Å². The van der Waals surface area contributed by atoms with Crippen LogP contribution in [0.15, 0.2) is 6.07 Å². The van der Waals surface area contributed by atoms with E-state index in [9.17, 15) is 4.79 Å². The van der Waals surface area contributed by atoms with Crippen molar-refractivity contribution in [2.75, 3.05) is 33.2 Å². The molecule has 1 aromatic heterocycles. The molecule has 1 unspecified atom stereocenters. The van der Waals surface area contributed by atoms with Crippen LogP contribution in [0.5, 0.6) is 0 Å². The van der Waals surface area contributed by atoms with E-state index in [0.29, 0.717) is 12.6 Å². The van der Waals surface area contributed by atoms with Crippen LogP contribution in [0.1, 0.15) is 27.0 Å². The Balaban J connectivity index is 2.13. The van der Waals surface area contributed by atoms with Crippen LogP contribution in [0.2, 0.25) is 0 Å². The molecule has 108 valence electrons. The smallest absolute Gasteiger partial charge is 0.264 e. The lowest BCUT2D eigenvalue weighted by molar-refractivity contribution is 0.0577. The minimum absolute atomic E-state index is 0.124. The van der Waals surface area contributed by atoms with Crippen LogP contribution in [-0.2, 0) is 0 Å². The van der Waals surface area contributed by atoms with Gasteiger partial charge in [0.05, 0.1) is 16.3 Å². The second-order valence-electron chi connectivity index (χ2n) is 5.21. The molecule has 0 radical (unpaired) electrons. The summed E-state index contributed by atoms with van der Waals surface area (Å²) in [5.41, 5.74) is 6.45. The maximum atomic E-state index is 12.5. The topological polar surface area (TPSA) is 49.6 Å². The van der Waals surface area contributed by atoms with E-state index in [0.717, 1.165) is 35.0 Å². The second kappa shape index (κ2) is 6.40. The Hall–Kier alpha value is -1.35. The van der Waals surface area contributed by atoms with Crippen LogP contribution in [0.4, 0.5) is 0 Å². The van der Waals surface area contributed by atoms with E-state index in [2.05, 4.69) is 30.7 Å². The van der Waals surface area contributed by atoms with Gasteiger partial charge in [0.15, 0.2) is 0 Å². The molecule has 4 nitrogen and oxygen atoms in total. The van der Waals surface area contributed by atoms with Crippen LogP contribution in [0, 0.1) is 18.8 Å². The average Bonchev–Trinajstić information content (AvgIpc) is 2.80. The molecule has 1 fully saturated rings. The molecule has 1 aliphatic heterocycles. The fraction of sp³-hybridized carbons (Fsp3) is 0.533. The van der Waals surface area contributed by atoms with Gasteiger partial charge in [-0.2, -0.15) is 0 Å². The summed E-state index contributed by atoms with van der Waals surface area (Å²) >= 11 is 1.47. The molecule has 1 atom stereocenters. The lowest BCUT2D eigenvalue weighted by Gasteiger charge is -2.37. The van der Waals surface area contributed by atoms with Gasteiger partial charge < -0.3 is 15.5 Å². The summed E-state index contributed by atoms with van der Waals surface area (Å²) in [6.07, 6.45) is 0. The molecule has 1 saturated heterocycles. The number of rotatable bonds is 1. The number of likely N-dealkylation sites (N-methyl/N-ethyl adjacent to an activating group) is 1. The highest BCUT2D eigenvalue weighted by atomic mass is 32.1. The lowest BCUT2D eigenvalue weighted by atomic mass is 10.2. The summed E-state index contributed by atoms with van der Waals surface area (Å²) < 4.78 is 0. The Kier molecular flexibility index (Phi) is 4.81. The van der Waals surface area contributed by atoms with E-state index in [-0.39, 0.29) is 5.91 Å². The van der Waals surface area contributed by atoms with Gasteiger partial charge in [0.1, 0.15) is 0 Å². The molecule has 2 heterocycles. The maximum Gasteiger partial charge on any atom is 0.264 e. The highest BCUT2D eigenvalue weighted by molar-refractivity contribution is 7.14. The van der Waals surface area contributed by atoms with Crippen molar-refractivity contribution in [3.63, 3.8) is 0 Å². The molecule has 0 bridgehead atoms. The van der Waals surface area contributed by atoms with E-state index in [1.807, 2.05) is 17.9 Å². The van der Waals surface area contributed by atoms with Crippen molar-refractivity contribution >= 4 is 17.2 Å². The maximum absolute atomic E-state index is 12.5. The quantitative estimate of drug-likeness (QED) is 0.790. The first kappa shape index (κ1) is 15.0. The largest absolute Gasteiger partial charge is 0.335 e. The number of thiophene rings is 1. The molecule has 0 aromatic carbocycles. The van der Waals surface area contributed by atoms with Crippen LogP contribution >= 0.6 is 11.3 Å². The van der Waals surface area contributed by atoms with E-state index in [1.54, 1.807) is 0 Å². The van der Waals surface area contributed by atoms with Crippen molar-refractivity contribution in [1.82, 2.24) is 9.80 Å². The van der Waals surface area contributed by atoms with Crippen molar-refractivity contribution in [1.29, 1.82) is 0 Å². The molecule has 1 aliphatic rings. The number of piperazine rings is 1. The minimum atomic E-state index is 0.124. The Labute approximate surface area is 124 Å². The van der Waals surface area contributed by atoms with Crippen molar-refractivity contribution in [2.24, 2.45) is 5.73 Å². The average molecular weight is 291 g/mol. The van der Waals surface area contributed by atoms with E-state index in [4.69, 9.17) is 5.73 Å². The fourth-order valence-electron chi connectivity index (χ4n) is 2.23. The highest BCUT2D eigenvalue weighted by Gasteiger charge is 2.26. The van der Waals surface area contributed by atoms with Gasteiger partial charge in [0, 0.05) is 25.7 Å². The fourth-order valence-corrected chi connectivity index (χ4v) is 3.25. The molecule has 1 amide bonds. The Bertz CT molecular complexity index is 555. The van der Waals surface area contributed by atoms with E-state index < -0.39 is 0 Å². The van der Waals surface area contributed by atoms with Gasteiger partial charge >= 0.3 is 0 Å². The van der Waals surface area contributed by atoms with Crippen molar-refractivity contribution in [2.45, 2.75) is 19.9 Å². The lowest BCUT2D eigenvalue weighted by Crippen LogP contribution is -2.51. The summed E-state index contributed by atoms with van der Waals surface area (Å²) in [7, 11) is 2.10. The van der Waals surface area contributed by atoms with Crippen molar-refractivity contribution in [3.8, 4) is 11.8 Å². The number of carbonyl (C=O) groups excluding carboxylic acids is 1. The number of carbonyl (C=O) groups is 1. The van der Waals surface area contributed by atoms with Crippen LogP contribution in [0.25, 0.3) is 0 Å². The van der Waals surface area contributed by atoms with Gasteiger partial charge in [-0.25, -0.2) is 0 Å². The summed E-state index contributed by atoms with van der Waals surface area (Å²) in [4.78, 5) is 18.5. The number of aryl methyl sites for hydroxylation is 1. The van der Waals surface area contributed by atoms with Gasteiger partial charge in [-0.3, -0.25) is 4.79 Å². The zero-order chi connectivity index (χ0) is 14.7. The zero-order valence-corrected chi connectivity index (χ0v) is 13.1. The summed E-state index contributed by atoms with van der Waals surface area (Å²) in [5.74, 6) is 6.00. The highest BCUT2D eigenvalue weighted by Crippen LogP contribution is 2.23. The number of amides is 1. The minimum Gasteiger partial charge on any atom is -0.335 e. The van der Waals surface area contributed by atoms with Gasteiger partial charge in [-0.15, -0.1) is 11.3 Å².